The van der Waals surface area contributed by atoms with Crippen molar-refractivity contribution in [1.82, 2.24) is 0 Å². The number of nitrogens with two attached hydrogens (primary N) is 1. The van der Waals surface area contributed by atoms with E-state index >= 15 is 0 Å². The summed E-state index contributed by atoms with van der Waals surface area (Å²) in [4.78, 5) is 0. The molecule has 3 heteroatoms. The summed E-state index contributed by atoms with van der Waals surface area (Å²) in [6.07, 6.45) is 7.25. The minimum absolute atomic E-state index is 0.128. The molecule has 3 nitrogen and oxygen atoms in total. The molecule has 1 aliphatic rings. The predicted molar refractivity (Wildman–Crippen MR) is 82.7 cm³/mol. The highest BCUT2D eigenvalue weighted by molar-refractivity contribution is 5.50. The molecular formula is C17H27NO2. The summed E-state index contributed by atoms with van der Waals surface area (Å²) in [5.41, 5.74) is 9.03. The summed E-state index contributed by atoms with van der Waals surface area (Å²) in [5.74, 6) is 1.63. The molecular weight excluding hydrogens is 250 g/mol. The normalized spacial score (nSPS) is 17.8. The highest BCUT2D eigenvalue weighted by Crippen LogP contribution is 2.43. The third-order valence-electron chi connectivity index (χ3n) is 4.76. The molecule has 2 N–H and O–H groups in total. The van der Waals surface area contributed by atoms with E-state index in [4.69, 9.17) is 15.2 Å². The minimum atomic E-state index is 0.128. The van der Waals surface area contributed by atoms with Gasteiger partial charge in [-0.15, -0.1) is 0 Å². The summed E-state index contributed by atoms with van der Waals surface area (Å²) < 4.78 is 10.9. The zero-order chi connectivity index (χ0) is 14.6. The maximum Gasteiger partial charge on any atom is 0.161 e. The van der Waals surface area contributed by atoms with Gasteiger partial charge in [-0.3, -0.25) is 0 Å². The Hall–Kier alpha value is -1.22. The number of hydrogen-bond acceptors (Lipinski definition) is 3. The van der Waals surface area contributed by atoms with Crippen LogP contribution in [0.2, 0.25) is 0 Å². The summed E-state index contributed by atoms with van der Waals surface area (Å²) >= 11 is 0. The van der Waals surface area contributed by atoms with Crippen LogP contribution >= 0.6 is 0 Å². The van der Waals surface area contributed by atoms with E-state index in [1.807, 2.05) is 0 Å². The number of methoxy groups -OCH3 is 2. The molecule has 0 amide bonds. The molecule has 1 aromatic rings. The third-order valence-corrected chi connectivity index (χ3v) is 4.76. The van der Waals surface area contributed by atoms with E-state index in [0.29, 0.717) is 0 Å². The van der Waals surface area contributed by atoms with Crippen molar-refractivity contribution in [3.05, 3.63) is 23.3 Å². The molecule has 112 valence electrons. The maximum absolute atomic E-state index is 6.18. The van der Waals surface area contributed by atoms with E-state index in [9.17, 15) is 0 Å². The van der Waals surface area contributed by atoms with Crippen molar-refractivity contribution in [1.29, 1.82) is 0 Å². The maximum atomic E-state index is 6.18. The van der Waals surface area contributed by atoms with E-state index in [1.54, 1.807) is 14.2 Å². The first kappa shape index (κ1) is 15.2. The lowest BCUT2D eigenvalue weighted by molar-refractivity contribution is 0.295. The van der Waals surface area contributed by atoms with Crippen molar-refractivity contribution in [3.8, 4) is 11.5 Å². The van der Waals surface area contributed by atoms with Gasteiger partial charge in [-0.25, -0.2) is 0 Å². The van der Waals surface area contributed by atoms with E-state index in [0.717, 1.165) is 24.5 Å². The largest absolute Gasteiger partial charge is 0.493 e. The van der Waals surface area contributed by atoms with Gasteiger partial charge in [0.1, 0.15) is 0 Å². The Balaban J connectivity index is 2.52. The lowest BCUT2D eigenvalue weighted by atomic mass is 9.68. The first-order valence-electron chi connectivity index (χ1n) is 7.66. The van der Waals surface area contributed by atoms with Gasteiger partial charge >= 0.3 is 0 Å². The Bertz CT molecular complexity index is 451. The SMILES string of the molecule is CCc1cc(OC)c(OC)cc1C1(CN)CCCCC1. The molecule has 1 fully saturated rings. The van der Waals surface area contributed by atoms with Crippen LogP contribution in [0.4, 0.5) is 0 Å². The second kappa shape index (κ2) is 6.49. The molecule has 0 aromatic heterocycles. The fourth-order valence-corrected chi connectivity index (χ4v) is 3.52. The molecule has 1 saturated carbocycles. The highest BCUT2D eigenvalue weighted by atomic mass is 16.5. The minimum Gasteiger partial charge on any atom is -0.493 e. The second-order valence-corrected chi connectivity index (χ2v) is 5.76. The van der Waals surface area contributed by atoms with Crippen LogP contribution in [-0.2, 0) is 11.8 Å². The van der Waals surface area contributed by atoms with Crippen LogP contribution in [-0.4, -0.2) is 20.8 Å². The molecule has 0 saturated heterocycles. The third kappa shape index (κ3) is 2.64. The molecule has 0 heterocycles. The van der Waals surface area contributed by atoms with Crippen LogP contribution in [0, 0.1) is 0 Å². The molecule has 1 aliphatic carbocycles. The fourth-order valence-electron chi connectivity index (χ4n) is 3.52. The second-order valence-electron chi connectivity index (χ2n) is 5.76. The van der Waals surface area contributed by atoms with Gasteiger partial charge in [0.2, 0.25) is 0 Å². The molecule has 0 aliphatic heterocycles. The van der Waals surface area contributed by atoms with Crippen molar-refractivity contribution in [2.24, 2.45) is 5.73 Å². The molecule has 20 heavy (non-hydrogen) atoms. The van der Waals surface area contributed by atoms with Gasteiger partial charge in [0.15, 0.2) is 11.5 Å². The highest BCUT2D eigenvalue weighted by Gasteiger charge is 2.34. The standard InChI is InChI=1S/C17H27NO2/c1-4-13-10-15(19-2)16(20-3)11-14(13)17(12-18)8-6-5-7-9-17/h10-11H,4-9,12,18H2,1-3H3. The molecule has 0 bridgehead atoms. The van der Waals surface area contributed by atoms with Gasteiger partial charge in [0, 0.05) is 12.0 Å². The van der Waals surface area contributed by atoms with Crippen LogP contribution in [0.15, 0.2) is 12.1 Å². The zero-order valence-corrected chi connectivity index (χ0v) is 13.0. The summed E-state index contributed by atoms with van der Waals surface area (Å²) in [5, 5.41) is 0. The molecule has 0 atom stereocenters. The van der Waals surface area contributed by atoms with Crippen molar-refractivity contribution in [2.75, 3.05) is 20.8 Å². The quantitative estimate of drug-likeness (QED) is 0.897. The van der Waals surface area contributed by atoms with Gasteiger partial charge in [0.25, 0.3) is 0 Å². The van der Waals surface area contributed by atoms with Crippen LogP contribution in [0.3, 0.4) is 0 Å². The summed E-state index contributed by atoms with van der Waals surface area (Å²) in [6.45, 7) is 2.91. The smallest absolute Gasteiger partial charge is 0.161 e. The van der Waals surface area contributed by atoms with E-state index < -0.39 is 0 Å². The van der Waals surface area contributed by atoms with E-state index in [1.165, 1.54) is 43.2 Å². The van der Waals surface area contributed by atoms with Crippen molar-refractivity contribution in [3.63, 3.8) is 0 Å². The van der Waals surface area contributed by atoms with Gasteiger partial charge in [-0.1, -0.05) is 26.2 Å². The zero-order valence-electron chi connectivity index (χ0n) is 13.0. The number of ether oxygens (including phenoxy) is 2. The monoisotopic (exact) mass is 277 g/mol. The van der Waals surface area contributed by atoms with Gasteiger partial charge in [0.05, 0.1) is 14.2 Å². The number of rotatable bonds is 5. The lowest BCUT2D eigenvalue weighted by Gasteiger charge is -2.38. The van der Waals surface area contributed by atoms with Crippen LogP contribution in [0.25, 0.3) is 0 Å². The molecule has 0 unspecified atom stereocenters. The van der Waals surface area contributed by atoms with Gasteiger partial charge in [-0.2, -0.15) is 0 Å². The Morgan fingerprint density at radius 1 is 1.05 bits per heavy atom. The van der Waals surface area contributed by atoms with Crippen LogP contribution < -0.4 is 15.2 Å². The van der Waals surface area contributed by atoms with E-state index in [-0.39, 0.29) is 5.41 Å². The lowest BCUT2D eigenvalue weighted by Crippen LogP contribution is -2.38. The molecule has 0 spiro atoms. The number of aryl methyl sites for hydroxylation is 1. The number of benzene rings is 1. The molecule has 0 radical (unpaired) electrons. The molecule has 2 rings (SSSR count). The fraction of sp³-hybridized carbons (Fsp3) is 0.647. The van der Waals surface area contributed by atoms with Crippen LogP contribution in [0.1, 0.15) is 50.2 Å². The average Bonchev–Trinajstić information content (AvgIpc) is 2.54. The Kier molecular flexibility index (Phi) is 4.92. The predicted octanol–water partition coefficient (Wildman–Crippen LogP) is 3.43. The van der Waals surface area contributed by atoms with Crippen molar-refractivity contribution in [2.45, 2.75) is 50.9 Å². The average molecular weight is 277 g/mol. The first-order valence-corrected chi connectivity index (χ1v) is 7.66. The van der Waals surface area contributed by atoms with Gasteiger partial charge < -0.3 is 15.2 Å². The number of hydrogen-bond donors (Lipinski definition) is 1. The Morgan fingerprint density at radius 3 is 2.15 bits per heavy atom. The molecule has 1 aromatic carbocycles. The van der Waals surface area contributed by atoms with Crippen molar-refractivity contribution >= 4 is 0 Å². The Morgan fingerprint density at radius 2 is 1.65 bits per heavy atom. The first-order chi connectivity index (χ1) is 9.70. The summed E-state index contributed by atoms with van der Waals surface area (Å²) in [6, 6.07) is 4.29. The van der Waals surface area contributed by atoms with Crippen molar-refractivity contribution < 1.29 is 9.47 Å². The van der Waals surface area contributed by atoms with E-state index in [2.05, 4.69) is 19.1 Å². The Labute approximate surface area is 122 Å². The topological polar surface area (TPSA) is 44.5 Å². The summed E-state index contributed by atoms with van der Waals surface area (Å²) in [7, 11) is 3.39. The van der Waals surface area contributed by atoms with Gasteiger partial charge in [-0.05, 0) is 42.5 Å². The van der Waals surface area contributed by atoms with Crippen LogP contribution in [0.5, 0.6) is 11.5 Å².